The van der Waals surface area contributed by atoms with Gasteiger partial charge >= 0.3 is 0 Å². The molecule has 33 heavy (non-hydrogen) atoms. The van der Waals surface area contributed by atoms with Crippen LogP contribution in [0.5, 0.6) is 0 Å². The van der Waals surface area contributed by atoms with Gasteiger partial charge in [-0.05, 0) is 11.1 Å². The zero-order valence-electron chi connectivity index (χ0n) is 17.8. The molecule has 0 aliphatic carbocycles. The first-order chi connectivity index (χ1) is 16.4. The van der Waals surface area contributed by atoms with E-state index in [4.69, 9.17) is 15.0 Å². The predicted molar refractivity (Wildman–Crippen MR) is 133 cm³/mol. The van der Waals surface area contributed by atoms with Crippen LogP contribution in [-0.4, -0.2) is 19.9 Å². The zero-order chi connectivity index (χ0) is 22.0. The standard InChI is InChI=1S/C29H20N4/c1-4-12-20(13-5-1)23-18-10-11-19-24(23)28-31-26-25(21-14-6-2-7-15-21)30-27(32-29(26)33-28)22-16-8-3-9-17-22/h1-19H,(H,30,31,32,33). The van der Waals surface area contributed by atoms with Gasteiger partial charge in [0.2, 0.25) is 0 Å². The average molecular weight is 425 g/mol. The van der Waals surface area contributed by atoms with Crippen LogP contribution in [0.25, 0.3) is 56.3 Å². The molecule has 0 aliphatic rings. The van der Waals surface area contributed by atoms with Gasteiger partial charge in [0.15, 0.2) is 11.5 Å². The average Bonchev–Trinajstić information content (AvgIpc) is 3.34. The van der Waals surface area contributed by atoms with Crippen molar-refractivity contribution in [2.24, 2.45) is 0 Å². The largest absolute Gasteiger partial charge is 0.335 e. The van der Waals surface area contributed by atoms with Crippen LogP contribution < -0.4 is 0 Å². The van der Waals surface area contributed by atoms with Gasteiger partial charge in [-0.3, -0.25) is 0 Å². The van der Waals surface area contributed by atoms with Crippen molar-refractivity contribution in [3.8, 4) is 45.2 Å². The first kappa shape index (κ1) is 19.1. The molecule has 0 aliphatic heterocycles. The van der Waals surface area contributed by atoms with Crippen LogP contribution >= 0.6 is 0 Å². The van der Waals surface area contributed by atoms with E-state index < -0.39 is 0 Å². The Hall–Kier alpha value is -4.57. The molecule has 4 aromatic carbocycles. The minimum Gasteiger partial charge on any atom is -0.335 e. The zero-order valence-corrected chi connectivity index (χ0v) is 17.8. The summed E-state index contributed by atoms with van der Waals surface area (Å²) in [5, 5.41) is 0. The van der Waals surface area contributed by atoms with E-state index in [-0.39, 0.29) is 0 Å². The van der Waals surface area contributed by atoms with Crippen molar-refractivity contribution >= 4 is 11.2 Å². The van der Waals surface area contributed by atoms with E-state index in [1.165, 1.54) is 0 Å². The Morgan fingerprint density at radius 2 is 1.00 bits per heavy atom. The number of hydrogen-bond donors (Lipinski definition) is 1. The van der Waals surface area contributed by atoms with Crippen molar-refractivity contribution in [1.29, 1.82) is 0 Å². The normalized spacial score (nSPS) is 11.0. The third-order valence-corrected chi connectivity index (χ3v) is 5.70. The van der Waals surface area contributed by atoms with Gasteiger partial charge in [0.25, 0.3) is 0 Å². The molecule has 0 atom stereocenters. The molecular formula is C29H20N4. The minimum atomic E-state index is 0.653. The molecule has 6 rings (SSSR count). The molecule has 156 valence electrons. The fourth-order valence-electron chi connectivity index (χ4n) is 4.11. The summed E-state index contributed by atoms with van der Waals surface area (Å²) < 4.78 is 0. The molecule has 4 heteroatoms. The Bertz CT molecular complexity index is 1540. The van der Waals surface area contributed by atoms with Crippen molar-refractivity contribution in [1.82, 2.24) is 19.9 Å². The highest BCUT2D eigenvalue weighted by Crippen LogP contribution is 2.34. The van der Waals surface area contributed by atoms with E-state index in [0.29, 0.717) is 11.5 Å². The molecule has 0 bridgehead atoms. The van der Waals surface area contributed by atoms with Crippen LogP contribution in [0.2, 0.25) is 0 Å². The van der Waals surface area contributed by atoms with Crippen LogP contribution in [0.4, 0.5) is 0 Å². The molecule has 4 nitrogen and oxygen atoms in total. The Balaban J connectivity index is 1.59. The summed E-state index contributed by atoms with van der Waals surface area (Å²) in [6, 6.07) is 38.9. The Kier molecular flexibility index (Phi) is 4.74. The number of imidazole rings is 1. The quantitative estimate of drug-likeness (QED) is 0.331. The van der Waals surface area contributed by atoms with Crippen LogP contribution in [0.3, 0.4) is 0 Å². The SMILES string of the molecule is c1ccc(-c2nc(-c3ccccc3)c3[nH]c(-c4ccccc4-c4ccccc4)nc3n2)cc1. The van der Waals surface area contributed by atoms with Gasteiger partial charge in [-0.15, -0.1) is 0 Å². The van der Waals surface area contributed by atoms with Crippen molar-refractivity contribution in [3.05, 3.63) is 115 Å². The molecule has 2 aromatic heterocycles. The Morgan fingerprint density at radius 3 is 1.67 bits per heavy atom. The summed E-state index contributed by atoms with van der Waals surface area (Å²) in [5.41, 5.74) is 7.61. The molecule has 1 N–H and O–H groups in total. The van der Waals surface area contributed by atoms with Crippen molar-refractivity contribution in [2.45, 2.75) is 0 Å². The maximum absolute atomic E-state index is 4.95. The lowest BCUT2D eigenvalue weighted by molar-refractivity contribution is 1.21. The lowest BCUT2D eigenvalue weighted by atomic mass is 9.99. The topological polar surface area (TPSA) is 54.5 Å². The third kappa shape index (κ3) is 3.58. The summed E-state index contributed by atoms with van der Waals surface area (Å²) in [4.78, 5) is 18.2. The number of aromatic nitrogens is 4. The predicted octanol–water partition coefficient (Wildman–Crippen LogP) is 7.02. The highest BCUT2D eigenvalue weighted by atomic mass is 15.0. The first-order valence-electron chi connectivity index (χ1n) is 10.9. The number of benzene rings is 4. The van der Waals surface area contributed by atoms with Gasteiger partial charge in [-0.2, -0.15) is 0 Å². The van der Waals surface area contributed by atoms with E-state index in [0.717, 1.165) is 44.9 Å². The second-order valence-corrected chi connectivity index (χ2v) is 7.82. The number of nitrogens with one attached hydrogen (secondary N) is 1. The van der Waals surface area contributed by atoms with Gasteiger partial charge in [0.1, 0.15) is 17.0 Å². The molecule has 0 spiro atoms. The molecule has 6 aromatic rings. The summed E-state index contributed by atoms with van der Waals surface area (Å²) in [7, 11) is 0. The van der Waals surface area contributed by atoms with Crippen LogP contribution in [0, 0.1) is 0 Å². The number of fused-ring (bicyclic) bond motifs is 1. The van der Waals surface area contributed by atoms with Gasteiger partial charge in [0.05, 0.1) is 0 Å². The second kappa shape index (κ2) is 8.17. The molecular weight excluding hydrogens is 404 g/mol. The van der Waals surface area contributed by atoms with E-state index in [9.17, 15) is 0 Å². The highest BCUT2D eigenvalue weighted by Gasteiger charge is 2.17. The number of aromatic amines is 1. The fraction of sp³-hybridized carbons (Fsp3) is 0. The Morgan fingerprint density at radius 1 is 0.455 bits per heavy atom. The first-order valence-corrected chi connectivity index (χ1v) is 10.9. The number of rotatable bonds is 4. The van der Waals surface area contributed by atoms with E-state index in [1.54, 1.807) is 0 Å². The molecule has 0 fully saturated rings. The van der Waals surface area contributed by atoms with Crippen molar-refractivity contribution in [3.63, 3.8) is 0 Å². The third-order valence-electron chi connectivity index (χ3n) is 5.70. The highest BCUT2D eigenvalue weighted by molar-refractivity contribution is 5.92. The number of nitrogens with zero attached hydrogens (tertiary/aromatic N) is 3. The molecule has 0 radical (unpaired) electrons. The maximum Gasteiger partial charge on any atom is 0.182 e. The lowest BCUT2D eigenvalue weighted by Crippen LogP contribution is -1.94. The maximum atomic E-state index is 4.95. The molecule has 0 saturated carbocycles. The van der Waals surface area contributed by atoms with Gasteiger partial charge in [-0.1, -0.05) is 115 Å². The summed E-state index contributed by atoms with van der Waals surface area (Å²) in [6.45, 7) is 0. The lowest BCUT2D eigenvalue weighted by Gasteiger charge is -2.07. The van der Waals surface area contributed by atoms with Gasteiger partial charge < -0.3 is 4.98 Å². The molecule has 0 unspecified atom stereocenters. The number of hydrogen-bond acceptors (Lipinski definition) is 3. The molecule has 0 amide bonds. The van der Waals surface area contributed by atoms with Gasteiger partial charge in [0, 0.05) is 16.7 Å². The summed E-state index contributed by atoms with van der Waals surface area (Å²) in [6.07, 6.45) is 0. The van der Waals surface area contributed by atoms with Crippen LogP contribution in [-0.2, 0) is 0 Å². The summed E-state index contributed by atoms with van der Waals surface area (Å²) >= 11 is 0. The second-order valence-electron chi connectivity index (χ2n) is 7.82. The fourth-order valence-corrected chi connectivity index (χ4v) is 4.11. The smallest absolute Gasteiger partial charge is 0.182 e. The van der Waals surface area contributed by atoms with E-state index in [1.807, 2.05) is 60.7 Å². The van der Waals surface area contributed by atoms with E-state index >= 15 is 0 Å². The van der Waals surface area contributed by atoms with Crippen LogP contribution in [0.15, 0.2) is 115 Å². The van der Waals surface area contributed by atoms with Crippen molar-refractivity contribution < 1.29 is 0 Å². The van der Waals surface area contributed by atoms with Gasteiger partial charge in [-0.25, -0.2) is 15.0 Å². The summed E-state index contributed by atoms with van der Waals surface area (Å²) in [5.74, 6) is 1.44. The minimum absolute atomic E-state index is 0.653. The van der Waals surface area contributed by atoms with Crippen LogP contribution in [0.1, 0.15) is 0 Å². The molecule has 0 saturated heterocycles. The Labute approximate surface area is 191 Å². The number of H-pyrrole nitrogens is 1. The molecule has 2 heterocycles. The van der Waals surface area contributed by atoms with E-state index in [2.05, 4.69) is 59.6 Å². The van der Waals surface area contributed by atoms with Crippen molar-refractivity contribution in [2.75, 3.05) is 0 Å². The monoisotopic (exact) mass is 424 g/mol.